The van der Waals surface area contributed by atoms with Crippen molar-refractivity contribution in [2.75, 3.05) is 14.2 Å². The van der Waals surface area contributed by atoms with E-state index in [1.807, 2.05) is 19.1 Å². The highest BCUT2D eigenvalue weighted by Crippen LogP contribution is 2.35. The number of aryl methyl sites for hydroxylation is 1. The van der Waals surface area contributed by atoms with E-state index < -0.39 is 5.97 Å². The molecule has 0 aliphatic heterocycles. The number of pyridine rings is 1. The monoisotopic (exact) mass is 337 g/mol. The van der Waals surface area contributed by atoms with Crippen LogP contribution in [0.3, 0.4) is 0 Å². The number of methoxy groups -OCH3 is 2. The van der Waals surface area contributed by atoms with Crippen molar-refractivity contribution in [3.8, 4) is 22.8 Å². The normalized spacial score (nSPS) is 10.7. The number of para-hydroxylation sites is 1. The summed E-state index contributed by atoms with van der Waals surface area (Å²) < 4.78 is 10.7. The number of carboxylic acids is 1. The van der Waals surface area contributed by atoms with Crippen LogP contribution in [0.5, 0.6) is 11.5 Å². The number of ether oxygens (including phenoxy) is 2. The molecule has 1 N–H and O–H groups in total. The number of nitrogens with zero attached hydrogens (tertiary/aromatic N) is 1. The predicted molar refractivity (Wildman–Crippen MR) is 96.6 cm³/mol. The average Bonchev–Trinajstić information content (AvgIpc) is 2.65. The highest BCUT2D eigenvalue weighted by atomic mass is 16.5. The fraction of sp³-hybridized carbons (Fsp3) is 0.200. The number of hydrogen-bond acceptors (Lipinski definition) is 4. The van der Waals surface area contributed by atoms with Gasteiger partial charge in [-0.3, -0.25) is 0 Å². The molecule has 2 aromatic carbocycles. The third-order valence-electron chi connectivity index (χ3n) is 4.22. The van der Waals surface area contributed by atoms with Crippen LogP contribution < -0.4 is 9.47 Å². The summed E-state index contributed by atoms with van der Waals surface area (Å²) in [6.45, 7) is 2.02. The summed E-state index contributed by atoms with van der Waals surface area (Å²) >= 11 is 0. The molecule has 0 unspecified atom stereocenters. The number of rotatable bonds is 5. The largest absolute Gasteiger partial charge is 0.497 e. The smallest absolute Gasteiger partial charge is 0.336 e. The molecule has 0 radical (unpaired) electrons. The lowest BCUT2D eigenvalue weighted by Crippen LogP contribution is -2.02. The zero-order chi connectivity index (χ0) is 18.0. The first-order valence-electron chi connectivity index (χ1n) is 7.97. The molecule has 1 aromatic heterocycles. The van der Waals surface area contributed by atoms with Crippen molar-refractivity contribution in [2.24, 2.45) is 0 Å². The summed E-state index contributed by atoms with van der Waals surface area (Å²) in [5.41, 5.74) is 3.16. The van der Waals surface area contributed by atoms with Crippen LogP contribution in [-0.2, 0) is 6.42 Å². The SMILES string of the molecule is CCc1cccc2c(C(=O)O)cc(-c3cc(OC)ccc3OC)nc12. The van der Waals surface area contributed by atoms with Gasteiger partial charge in [0.1, 0.15) is 11.5 Å². The van der Waals surface area contributed by atoms with Crippen LogP contribution in [0.25, 0.3) is 22.2 Å². The summed E-state index contributed by atoms with van der Waals surface area (Å²) in [7, 11) is 3.15. The summed E-state index contributed by atoms with van der Waals surface area (Å²) in [5, 5.41) is 10.3. The number of aromatic nitrogens is 1. The topological polar surface area (TPSA) is 68.7 Å². The Morgan fingerprint density at radius 1 is 1.12 bits per heavy atom. The van der Waals surface area contributed by atoms with E-state index in [0.29, 0.717) is 33.7 Å². The Hall–Kier alpha value is -3.08. The van der Waals surface area contributed by atoms with Crippen LogP contribution in [0.2, 0.25) is 0 Å². The van der Waals surface area contributed by atoms with Gasteiger partial charge in [0.2, 0.25) is 0 Å². The van der Waals surface area contributed by atoms with Crippen LogP contribution in [0.4, 0.5) is 0 Å². The first kappa shape index (κ1) is 16.8. The Bertz CT molecular complexity index is 950. The molecule has 3 rings (SSSR count). The van der Waals surface area contributed by atoms with Gasteiger partial charge >= 0.3 is 5.97 Å². The fourth-order valence-corrected chi connectivity index (χ4v) is 2.92. The van der Waals surface area contributed by atoms with Crippen LogP contribution in [0.1, 0.15) is 22.8 Å². The van der Waals surface area contributed by atoms with Gasteiger partial charge in [-0.1, -0.05) is 25.1 Å². The minimum atomic E-state index is -0.983. The molecule has 0 amide bonds. The molecule has 0 bridgehead atoms. The van der Waals surface area contributed by atoms with Crippen molar-refractivity contribution in [3.05, 3.63) is 53.6 Å². The maximum atomic E-state index is 11.8. The molecule has 0 aliphatic carbocycles. The Kier molecular flexibility index (Phi) is 4.57. The van der Waals surface area contributed by atoms with Crippen molar-refractivity contribution < 1.29 is 19.4 Å². The first-order valence-corrected chi connectivity index (χ1v) is 7.97. The molecule has 0 spiro atoms. The molecule has 0 saturated heterocycles. The van der Waals surface area contributed by atoms with Gasteiger partial charge in [0.05, 0.1) is 31.0 Å². The highest BCUT2D eigenvalue weighted by molar-refractivity contribution is 6.04. The lowest BCUT2D eigenvalue weighted by molar-refractivity contribution is 0.0699. The van der Waals surface area contributed by atoms with Gasteiger partial charge in [0.25, 0.3) is 0 Å². The van der Waals surface area contributed by atoms with Gasteiger partial charge in [-0.25, -0.2) is 9.78 Å². The van der Waals surface area contributed by atoms with Crippen LogP contribution in [0, 0.1) is 0 Å². The predicted octanol–water partition coefficient (Wildman–Crippen LogP) is 4.18. The van der Waals surface area contributed by atoms with E-state index in [1.54, 1.807) is 44.6 Å². The van der Waals surface area contributed by atoms with E-state index in [-0.39, 0.29) is 5.56 Å². The zero-order valence-electron chi connectivity index (χ0n) is 14.4. The molecule has 0 fully saturated rings. The second-order valence-electron chi connectivity index (χ2n) is 5.59. The van der Waals surface area contributed by atoms with Gasteiger partial charge < -0.3 is 14.6 Å². The van der Waals surface area contributed by atoms with Crippen molar-refractivity contribution >= 4 is 16.9 Å². The summed E-state index contributed by atoms with van der Waals surface area (Å²) in [6.07, 6.45) is 0.766. The summed E-state index contributed by atoms with van der Waals surface area (Å²) in [4.78, 5) is 16.5. The number of carboxylic acid groups (broad SMARTS) is 1. The summed E-state index contributed by atoms with van der Waals surface area (Å²) in [6, 6.07) is 12.6. The van der Waals surface area contributed by atoms with Crippen LogP contribution >= 0.6 is 0 Å². The van der Waals surface area contributed by atoms with Gasteiger partial charge in [-0.05, 0) is 36.2 Å². The second kappa shape index (κ2) is 6.81. The van der Waals surface area contributed by atoms with Crippen LogP contribution in [0.15, 0.2) is 42.5 Å². The van der Waals surface area contributed by atoms with E-state index in [4.69, 9.17) is 14.5 Å². The molecule has 5 heteroatoms. The van der Waals surface area contributed by atoms with E-state index >= 15 is 0 Å². The Morgan fingerprint density at radius 3 is 2.56 bits per heavy atom. The minimum Gasteiger partial charge on any atom is -0.497 e. The van der Waals surface area contributed by atoms with E-state index in [0.717, 1.165) is 12.0 Å². The zero-order valence-corrected chi connectivity index (χ0v) is 14.4. The molecule has 128 valence electrons. The molecule has 0 saturated carbocycles. The fourth-order valence-electron chi connectivity index (χ4n) is 2.92. The maximum absolute atomic E-state index is 11.8. The Balaban J connectivity index is 2.36. The molecule has 0 aliphatic rings. The van der Waals surface area contributed by atoms with Gasteiger partial charge in [0, 0.05) is 10.9 Å². The van der Waals surface area contributed by atoms with Crippen molar-refractivity contribution in [1.82, 2.24) is 4.98 Å². The first-order chi connectivity index (χ1) is 12.1. The molecule has 25 heavy (non-hydrogen) atoms. The summed E-state index contributed by atoms with van der Waals surface area (Å²) in [5.74, 6) is 0.278. The molecular formula is C20H19NO4. The number of carbonyl (C=O) groups is 1. The Labute approximate surface area is 145 Å². The number of benzene rings is 2. The number of hydrogen-bond donors (Lipinski definition) is 1. The third kappa shape index (κ3) is 3.01. The standard InChI is InChI=1S/C20H19NO4/c1-4-12-6-5-7-14-15(20(22)23)11-17(21-19(12)14)16-10-13(24-2)8-9-18(16)25-3/h5-11H,4H2,1-3H3,(H,22,23). The average molecular weight is 337 g/mol. The lowest BCUT2D eigenvalue weighted by atomic mass is 10.00. The highest BCUT2D eigenvalue weighted by Gasteiger charge is 2.17. The van der Waals surface area contributed by atoms with Crippen LogP contribution in [-0.4, -0.2) is 30.3 Å². The Morgan fingerprint density at radius 2 is 1.92 bits per heavy atom. The van der Waals surface area contributed by atoms with Gasteiger partial charge in [0.15, 0.2) is 0 Å². The van der Waals surface area contributed by atoms with E-state index in [9.17, 15) is 9.90 Å². The van der Waals surface area contributed by atoms with Gasteiger partial charge in [-0.2, -0.15) is 0 Å². The molecule has 5 nitrogen and oxygen atoms in total. The molecule has 1 heterocycles. The van der Waals surface area contributed by atoms with Gasteiger partial charge in [-0.15, -0.1) is 0 Å². The molecule has 3 aromatic rings. The second-order valence-corrected chi connectivity index (χ2v) is 5.59. The van der Waals surface area contributed by atoms with E-state index in [1.165, 1.54) is 0 Å². The quantitative estimate of drug-likeness (QED) is 0.756. The number of aromatic carboxylic acids is 1. The van der Waals surface area contributed by atoms with Crippen molar-refractivity contribution in [1.29, 1.82) is 0 Å². The number of fused-ring (bicyclic) bond motifs is 1. The maximum Gasteiger partial charge on any atom is 0.336 e. The third-order valence-corrected chi connectivity index (χ3v) is 4.22. The minimum absolute atomic E-state index is 0.222. The molecule has 0 atom stereocenters. The molecular weight excluding hydrogens is 318 g/mol. The van der Waals surface area contributed by atoms with Crippen molar-refractivity contribution in [3.63, 3.8) is 0 Å². The van der Waals surface area contributed by atoms with E-state index in [2.05, 4.69) is 0 Å². The van der Waals surface area contributed by atoms with Crippen molar-refractivity contribution in [2.45, 2.75) is 13.3 Å². The lowest BCUT2D eigenvalue weighted by Gasteiger charge is -2.13.